The molecule has 6 nitrogen and oxygen atoms in total. The van der Waals surface area contributed by atoms with Crippen LogP contribution < -0.4 is 5.56 Å². The van der Waals surface area contributed by atoms with E-state index in [9.17, 15) is 14.4 Å². The number of H-pyrrole nitrogens is 1. The fraction of sp³-hybridized carbons (Fsp3) is 0.150. The zero-order chi connectivity index (χ0) is 18.7. The first-order valence-corrected chi connectivity index (χ1v) is 8.15. The van der Waals surface area contributed by atoms with Gasteiger partial charge in [-0.25, -0.2) is 0 Å². The van der Waals surface area contributed by atoms with Gasteiger partial charge in [0.1, 0.15) is 0 Å². The number of carbonyl (C=O) groups is 2. The highest BCUT2D eigenvalue weighted by atomic mass is 16.4. The zero-order valence-electron chi connectivity index (χ0n) is 14.2. The molecule has 0 aliphatic heterocycles. The lowest BCUT2D eigenvalue weighted by atomic mass is 9.98. The minimum atomic E-state index is -1.06. The topological polar surface area (TPSA) is 92.2 Å². The highest BCUT2D eigenvalue weighted by Gasteiger charge is 2.17. The molecule has 0 atom stereocenters. The summed E-state index contributed by atoms with van der Waals surface area (Å²) >= 11 is 0. The fourth-order valence-electron chi connectivity index (χ4n) is 2.91. The number of benzene rings is 2. The summed E-state index contributed by atoms with van der Waals surface area (Å²) in [6.45, 7) is 1.97. The van der Waals surface area contributed by atoms with Crippen molar-refractivity contribution in [3.8, 4) is 0 Å². The van der Waals surface area contributed by atoms with Crippen LogP contribution in [-0.2, 0) is 17.8 Å². The molecule has 0 unspecified atom stereocenters. The van der Waals surface area contributed by atoms with E-state index in [0.717, 1.165) is 5.56 Å². The molecule has 0 spiro atoms. The Bertz CT molecular complexity index is 1020. The molecule has 0 radical (unpaired) electrons. The molecule has 3 rings (SSSR count). The molecule has 0 bridgehead atoms. The van der Waals surface area contributed by atoms with Gasteiger partial charge >= 0.3 is 5.97 Å². The molecular formula is C20H18N2O4. The quantitative estimate of drug-likeness (QED) is 0.668. The average Bonchev–Trinajstić information content (AvgIpc) is 2.89. The van der Waals surface area contributed by atoms with Gasteiger partial charge in [0.25, 0.3) is 5.56 Å². The molecule has 132 valence electrons. The van der Waals surface area contributed by atoms with Crippen molar-refractivity contribution in [3.05, 3.63) is 92.9 Å². The SMILES string of the molecule is Cc1c(CC(=O)O)c(=O)[nH]n1Cc1ccccc1C(=O)c1ccccc1. The van der Waals surface area contributed by atoms with E-state index in [1.807, 2.05) is 30.3 Å². The van der Waals surface area contributed by atoms with E-state index in [2.05, 4.69) is 5.10 Å². The van der Waals surface area contributed by atoms with E-state index in [1.54, 1.807) is 35.9 Å². The predicted octanol–water partition coefficient (Wildman–Crippen LogP) is 2.39. The summed E-state index contributed by atoms with van der Waals surface area (Å²) in [6, 6.07) is 16.2. The van der Waals surface area contributed by atoms with Crippen molar-refractivity contribution in [2.45, 2.75) is 19.9 Å². The van der Waals surface area contributed by atoms with Gasteiger partial charge in [0.05, 0.1) is 18.5 Å². The normalized spacial score (nSPS) is 10.7. The van der Waals surface area contributed by atoms with Crippen LogP contribution in [0.25, 0.3) is 0 Å². The van der Waals surface area contributed by atoms with E-state index in [4.69, 9.17) is 5.11 Å². The second-order valence-corrected chi connectivity index (χ2v) is 6.01. The Morgan fingerprint density at radius 1 is 1.04 bits per heavy atom. The number of hydrogen-bond donors (Lipinski definition) is 2. The maximum Gasteiger partial charge on any atom is 0.308 e. The van der Waals surface area contributed by atoms with Crippen molar-refractivity contribution in [2.24, 2.45) is 0 Å². The molecule has 0 saturated carbocycles. The number of aromatic amines is 1. The number of nitrogens with zero attached hydrogens (tertiary/aromatic N) is 1. The lowest BCUT2D eigenvalue weighted by molar-refractivity contribution is -0.136. The van der Waals surface area contributed by atoms with Gasteiger partial charge in [0.2, 0.25) is 0 Å². The summed E-state index contributed by atoms with van der Waals surface area (Å²) in [5, 5.41) is 11.6. The molecule has 2 aromatic carbocycles. The van der Waals surface area contributed by atoms with E-state index in [1.165, 1.54) is 0 Å². The van der Waals surface area contributed by atoms with Crippen LogP contribution in [0.15, 0.2) is 59.4 Å². The monoisotopic (exact) mass is 350 g/mol. The average molecular weight is 350 g/mol. The smallest absolute Gasteiger partial charge is 0.308 e. The van der Waals surface area contributed by atoms with Crippen molar-refractivity contribution in [2.75, 3.05) is 0 Å². The molecule has 0 amide bonds. The third-order valence-electron chi connectivity index (χ3n) is 4.31. The minimum absolute atomic E-state index is 0.0980. The van der Waals surface area contributed by atoms with E-state index in [0.29, 0.717) is 16.8 Å². The summed E-state index contributed by atoms with van der Waals surface area (Å²) in [7, 11) is 0. The van der Waals surface area contributed by atoms with Crippen molar-refractivity contribution in [3.63, 3.8) is 0 Å². The predicted molar refractivity (Wildman–Crippen MR) is 96.5 cm³/mol. The molecular weight excluding hydrogens is 332 g/mol. The third kappa shape index (κ3) is 3.49. The Balaban J connectivity index is 1.96. The van der Waals surface area contributed by atoms with E-state index in [-0.39, 0.29) is 24.3 Å². The van der Waals surface area contributed by atoms with Crippen LogP contribution in [-0.4, -0.2) is 26.6 Å². The Labute approximate surface area is 149 Å². The molecule has 0 fully saturated rings. The van der Waals surface area contributed by atoms with Gasteiger partial charge in [-0.3, -0.25) is 24.2 Å². The molecule has 2 N–H and O–H groups in total. The molecule has 1 aromatic heterocycles. The van der Waals surface area contributed by atoms with Gasteiger partial charge in [-0.1, -0.05) is 54.6 Å². The van der Waals surface area contributed by atoms with Gasteiger partial charge in [-0.05, 0) is 12.5 Å². The highest BCUT2D eigenvalue weighted by Crippen LogP contribution is 2.17. The third-order valence-corrected chi connectivity index (χ3v) is 4.31. The van der Waals surface area contributed by atoms with Gasteiger partial charge in [0.15, 0.2) is 5.78 Å². The van der Waals surface area contributed by atoms with Gasteiger partial charge in [0, 0.05) is 16.8 Å². The lowest BCUT2D eigenvalue weighted by Gasteiger charge is -2.11. The molecule has 0 aliphatic rings. The van der Waals surface area contributed by atoms with Crippen LogP contribution in [0.2, 0.25) is 0 Å². The maximum absolute atomic E-state index is 12.8. The number of carboxylic acids is 1. The lowest BCUT2D eigenvalue weighted by Crippen LogP contribution is -2.12. The molecule has 0 aliphatic carbocycles. The minimum Gasteiger partial charge on any atom is -0.481 e. The van der Waals surface area contributed by atoms with Crippen molar-refractivity contribution in [1.29, 1.82) is 0 Å². The van der Waals surface area contributed by atoms with Crippen LogP contribution in [0.5, 0.6) is 0 Å². The van der Waals surface area contributed by atoms with E-state index < -0.39 is 11.5 Å². The van der Waals surface area contributed by atoms with Crippen LogP contribution >= 0.6 is 0 Å². The molecule has 0 saturated heterocycles. The Hall–Kier alpha value is -3.41. The van der Waals surface area contributed by atoms with Crippen LogP contribution in [0.3, 0.4) is 0 Å². The molecule has 1 heterocycles. The summed E-state index contributed by atoms with van der Waals surface area (Å²) in [5.41, 5.74) is 2.25. The highest BCUT2D eigenvalue weighted by molar-refractivity contribution is 6.09. The first kappa shape index (κ1) is 17.4. The number of aliphatic carboxylic acids is 1. The number of hydrogen-bond acceptors (Lipinski definition) is 3. The van der Waals surface area contributed by atoms with Crippen molar-refractivity contribution < 1.29 is 14.7 Å². The number of carboxylic acid groups (broad SMARTS) is 1. The largest absolute Gasteiger partial charge is 0.481 e. The van der Waals surface area contributed by atoms with Crippen molar-refractivity contribution in [1.82, 2.24) is 9.78 Å². The summed E-state index contributed by atoms with van der Waals surface area (Å²) in [5.74, 6) is -1.16. The second kappa shape index (κ2) is 7.23. The molecule has 3 aromatic rings. The number of rotatable bonds is 6. The standard InChI is InChI=1S/C20H18N2O4/c1-13-17(11-18(23)24)20(26)21-22(13)12-15-9-5-6-10-16(15)19(25)14-7-3-2-4-8-14/h2-10H,11-12H2,1H3,(H,21,26)(H,23,24). The number of carbonyl (C=O) groups excluding carboxylic acids is 1. The van der Waals surface area contributed by atoms with Gasteiger partial charge in [-0.2, -0.15) is 0 Å². The summed E-state index contributed by atoms with van der Waals surface area (Å²) in [6.07, 6.45) is -0.335. The van der Waals surface area contributed by atoms with Crippen molar-refractivity contribution >= 4 is 11.8 Å². The van der Waals surface area contributed by atoms with Crippen LogP contribution in [0.4, 0.5) is 0 Å². The summed E-state index contributed by atoms with van der Waals surface area (Å²) in [4.78, 5) is 35.8. The fourth-order valence-corrected chi connectivity index (χ4v) is 2.91. The number of aromatic nitrogens is 2. The van der Waals surface area contributed by atoms with Crippen LogP contribution in [0, 0.1) is 6.92 Å². The number of ketones is 1. The zero-order valence-corrected chi connectivity index (χ0v) is 14.2. The van der Waals surface area contributed by atoms with Crippen LogP contribution in [0.1, 0.15) is 32.7 Å². The Kier molecular flexibility index (Phi) is 4.84. The maximum atomic E-state index is 12.8. The molecule has 26 heavy (non-hydrogen) atoms. The Morgan fingerprint density at radius 3 is 2.38 bits per heavy atom. The molecule has 6 heteroatoms. The van der Waals surface area contributed by atoms with Gasteiger partial charge < -0.3 is 5.11 Å². The van der Waals surface area contributed by atoms with Gasteiger partial charge in [-0.15, -0.1) is 0 Å². The first-order valence-electron chi connectivity index (χ1n) is 8.15. The van der Waals surface area contributed by atoms with E-state index >= 15 is 0 Å². The summed E-state index contributed by atoms with van der Waals surface area (Å²) < 4.78 is 1.58. The Morgan fingerprint density at radius 2 is 1.69 bits per heavy atom. The second-order valence-electron chi connectivity index (χ2n) is 6.01. The first-order chi connectivity index (χ1) is 12.5. The number of nitrogens with one attached hydrogen (secondary N) is 1.